The lowest BCUT2D eigenvalue weighted by atomic mass is 10.1. The van der Waals surface area contributed by atoms with E-state index in [4.69, 9.17) is 9.15 Å². The third-order valence-electron chi connectivity index (χ3n) is 5.57. The highest BCUT2D eigenvalue weighted by Crippen LogP contribution is 2.35. The number of benzene rings is 2. The van der Waals surface area contributed by atoms with E-state index in [1.54, 1.807) is 24.4 Å². The van der Waals surface area contributed by atoms with Crippen LogP contribution in [0.25, 0.3) is 17.1 Å². The van der Waals surface area contributed by atoms with E-state index in [2.05, 4.69) is 20.4 Å². The number of aryl methyl sites for hydroxylation is 1. The molecule has 1 saturated heterocycles. The van der Waals surface area contributed by atoms with Crippen LogP contribution in [0.15, 0.2) is 59.3 Å². The minimum atomic E-state index is -0.284. The number of carbonyl (C=O) groups excluding carboxylic acids is 1. The number of methoxy groups -OCH3 is 1. The topological polar surface area (TPSA) is 99.2 Å². The molecule has 4 aromatic rings. The zero-order valence-electron chi connectivity index (χ0n) is 17.8. The number of hydrogen-bond acceptors (Lipinski definition) is 7. The Hall–Kier alpha value is -4.01. The zero-order valence-corrected chi connectivity index (χ0v) is 17.8. The molecule has 162 valence electrons. The van der Waals surface area contributed by atoms with Gasteiger partial charge in [-0.2, -0.15) is 15.0 Å². The summed E-state index contributed by atoms with van der Waals surface area (Å²) >= 11 is 0. The molecule has 0 saturated carbocycles. The van der Waals surface area contributed by atoms with E-state index in [0.29, 0.717) is 35.3 Å². The Labute approximate surface area is 184 Å². The number of carbonyl (C=O) groups is 1. The number of rotatable bonds is 5. The molecule has 1 unspecified atom stereocenters. The van der Waals surface area contributed by atoms with Crippen molar-refractivity contribution in [3.05, 3.63) is 71.9 Å². The fourth-order valence-electron chi connectivity index (χ4n) is 4.00. The van der Waals surface area contributed by atoms with E-state index in [-0.39, 0.29) is 11.9 Å². The highest BCUT2D eigenvalue weighted by atomic mass is 16.5. The Morgan fingerprint density at radius 3 is 2.78 bits per heavy atom. The van der Waals surface area contributed by atoms with Crippen LogP contribution in [0.1, 0.15) is 40.7 Å². The van der Waals surface area contributed by atoms with Crippen molar-refractivity contribution >= 4 is 5.91 Å². The number of nitrogens with zero attached hydrogens (tertiary/aromatic N) is 6. The molecule has 1 fully saturated rings. The predicted molar refractivity (Wildman–Crippen MR) is 115 cm³/mol. The maximum atomic E-state index is 13.6. The van der Waals surface area contributed by atoms with Gasteiger partial charge in [-0.25, -0.2) is 0 Å². The maximum absolute atomic E-state index is 13.6. The van der Waals surface area contributed by atoms with E-state index >= 15 is 0 Å². The normalized spacial score (nSPS) is 15.8. The van der Waals surface area contributed by atoms with E-state index in [0.717, 1.165) is 24.0 Å². The third-order valence-corrected chi connectivity index (χ3v) is 5.57. The lowest BCUT2D eigenvalue weighted by molar-refractivity contribution is 0.0715. The monoisotopic (exact) mass is 430 g/mol. The van der Waals surface area contributed by atoms with Crippen LogP contribution >= 0.6 is 0 Å². The molecule has 2 aromatic carbocycles. The molecule has 0 radical (unpaired) electrons. The number of aromatic nitrogens is 5. The van der Waals surface area contributed by atoms with Gasteiger partial charge >= 0.3 is 0 Å². The van der Waals surface area contributed by atoms with E-state index in [9.17, 15) is 4.79 Å². The van der Waals surface area contributed by atoms with Gasteiger partial charge in [-0.1, -0.05) is 17.7 Å². The number of ether oxygens (including phenoxy) is 1. The van der Waals surface area contributed by atoms with Gasteiger partial charge in [0.25, 0.3) is 5.91 Å². The van der Waals surface area contributed by atoms with Crippen LogP contribution in [-0.2, 0) is 0 Å². The second-order valence-corrected chi connectivity index (χ2v) is 7.67. The first-order chi connectivity index (χ1) is 15.6. The minimum Gasteiger partial charge on any atom is -0.497 e. The van der Waals surface area contributed by atoms with Crippen molar-refractivity contribution in [1.82, 2.24) is 30.1 Å². The molecular weight excluding hydrogens is 408 g/mol. The average Bonchev–Trinajstić information content (AvgIpc) is 3.59. The van der Waals surface area contributed by atoms with Crippen LogP contribution in [0.2, 0.25) is 0 Å². The molecule has 0 bridgehead atoms. The molecule has 9 nitrogen and oxygen atoms in total. The first-order valence-corrected chi connectivity index (χ1v) is 10.4. The standard InChI is InChI=1S/C23H22N6O3/c1-15-8-9-19(29-24-10-11-25-29)18(13-15)23(30)28-12-4-7-20(28)22-27-26-21(32-22)16-5-3-6-17(14-16)31-2/h3,5-6,8-11,13-14,20H,4,7,12H2,1-2H3. The van der Waals surface area contributed by atoms with Crippen molar-refractivity contribution in [3.63, 3.8) is 0 Å². The van der Waals surface area contributed by atoms with Crippen molar-refractivity contribution in [2.75, 3.05) is 13.7 Å². The summed E-state index contributed by atoms with van der Waals surface area (Å²) in [5.74, 6) is 1.43. The third kappa shape index (κ3) is 3.62. The van der Waals surface area contributed by atoms with Gasteiger partial charge in [0, 0.05) is 12.1 Å². The number of amides is 1. The first-order valence-electron chi connectivity index (χ1n) is 10.4. The Kier molecular flexibility index (Phi) is 5.14. The fourth-order valence-corrected chi connectivity index (χ4v) is 4.00. The summed E-state index contributed by atoms with van der Waals surface area (Å²) in [6.07, 6.45) is 4.79. The van der Waals surface area contributed by atoms with Crippen LogP contribution in [0.3, 0.4) is 0 Å². The highest BCUT2D eigenvalue weighted by molar-refractivity contribution is 5.98. The summed E-state index contributed by atoms with van der Waals surface area (Å²) in [6.45, 7) is 2.57. The molecule has 2 aromatic heterocycles. The van der Waals surface area contributed by atoms with Gasteiger partial charge in [-0.3, -0.25) is 4.79 Å². The largest absolute Gasteiger partial charge is 0.497 e. The number of hydrogen-bond donors (Lipinski definition) is 0. The Morgan fingerprint density at radius 1 is 1.12 bits per heavy atom. The minimum absolute atomic E-state index is 0.107. The van der Waals surface area contributed by atoms with Gasteiger partial charge < -0.3 is 14.1 Å². The molecule has 5 rings (SSSR count). The van der Waals surface area contributed by atoms with Crippen LogP contribution in [0.5, 0.6) is 5.75 Å². The van der Waals surface area contributed by atoms with Gasteiger partial charge in [0.15, 0.2) is 0 Å². The Balaban J connectivity index is 1.46. The van der Waals surface area contributed by atoms with Gasteiger partial charge in [-0.05, 0) is 50.1 Å². The molecule has 32 heavy (non-hydrogen) atoms. The fraction of sp³-hybridized carbons (Fsp3) is 0.261. The zero-order chi connectivity index (χ0) is 22.1. The van der Waals surface area contributed by atoms with Gasteiger partial charge in [0.05, 0.1) is 30.8 Å². The molecule has 9 heteroatoms. The Bertz CT molecular complexity index is 1250. The van der Waals surface area contributed by atoms with Crippen LogP contribution < -0.4 is 4.74 Å². The van der Waals surface area contributed by atoms with E-state index in [1.165, 1.54) is 4.80 Å². The second-order valence-electron chi connectivity index (χ2n) is 7.67. The lowest BCUT2D eigenvalue weighted by Crippen LogP contribution is -2.31. The van der Waals surface area contributed by atoms with E-state index in [1.807, 2.05) is 49.4 Å². The molecule has 0 N–H and O–H groups in total. The Morgan fingerprint density at radius 2 is 1.97 bits per heavy atom. The molecule has 1 aliphatic rings. The van der Waals surface area contributed by atoms with Crippen LogP contribution in [0, 0.1) is 6.92 Å². The SMILES string of the molecule is COc1cccc(-c2nnc(C3CCCN3C(=O)c3cc(C)ccc3-n3nccn3)o2)c1. The number of likely N-dealkylation sites (tertiary alicyclic amines) is 1. The summed E-state index contributed by atoms with van der Waals surface area (Å²) in [4.78, 5) is 16.9. The summed E-state index contributed by atoms with van der Waals surface area (Å²) in [5.41, 5.74) is 2.93. The van der Waals surface area contributed by atoms with Crippen molar-refractivity contribution in [3.8, 4) is 22.9 Å². The molecule has 0 spiro atoms. The van der Waals surface area contributed by atoms with Crippen LogP contribution in [-0.4, -0.2) is 49.7 Å². The summed E-state index contributed by atoms with van der Waals surface area (Å²) in [7, 11) is 1.61. The molecule has 0 aliphatic carbocycles. The molecule has 3 heterocycles. The molecule has 1 aliphatic heterocycles. The van der Waals surface area contributed by atoms with Crippen molar-refractivity contribution in [1.29, 1.82) is 0 Å². The van der Waals surface area contributed by atoms with Gasteiger partial charge in [0.2, 0.25) is 11.8 Å². The van der Waals surface area contributed by atoms with Gasteiger partial charge in [-0.15, -0.1) is 10.2 Å². The molecule has 1 atom stereocenters. The maximum Gasteiger partial charge on any atom is 0.256 e. The predicted octanol–water partition coefficient (Wildman–Crippen LogP) is 3.61. The van der Waals surface area contributed by atoms with Gasteiger partial charge in [0.1, 0.15) is 11.8 Å². The van der Waals surface area contributed by atoms with Crippen molar-refractivity contribution < 1.29 is 13.9 Å². The summed E-state index contributed by atoms with van der Waals surface area (Å²) < 4.78 is 11.3. The molecule has 1 amide bonds. The lowest BCUT2D eigenvalue weighted by Gasteiger charge is -2.23. The first kappa shape index (κ1) is 19.9. The summed E-state index contributed by atoms with van der Waals surface area (Å²) in [6, 6.07) is 12.8. The average molecular weight is 430 g/mol. The quantitative estimate of drug-likeness (QED) is 0.477. The highest BCUT2D eigenvalue weighted by Gasteiger charge is 2.35. The smallest absolute Gasteiger partial charge is 0.256 e. The van der Waals surface area contributed by atoms with Crippen molar-refractivity contribution in [2.24, 2.45) is 0 Å². The molecular formula is C23H22N6O3. The van der Waals surface area contributed by atoms with Crippen molar-refractivity contribution in [2.45, 2.75) is 25.8 Å². The summed E-state index contributed by atoms with van der Waals surface area (Å²) in [5, 5.41) is 16.9. The van der Waals surface area contributed by atoms with Crippen LogP contribution in [0.4, 0.5) is 0 Å². The van der Waals surface area contributed by atoms with E-state index < -0.39 is 0 Å². The second kappa shape index (κ2) is 8.26.